The van der Waals surface area contributed by atoms with Crippen molar-refractivity contribution in [3.63, 3.8) is 0 Å². The lowest BCUT2D eigenvalue weighted by molar-refractivity contribution is 0.281. The van der Waals surface area contributed by atoms with Gasteiger partial charge in [0.1, 0.15) is 5.82 Å². The monoisotopic (exact) mass is 350 g/mol. The average Bonchev–Trinajstić information content (AvgIpc) is 2.64. The average molecular weight is 350 g/mol. The van der Waals surface area contributed by atoms with Gasteiger partial charge in [0.25, 0.3) is 0 Å². The van der Waals surface area contributed by atoms with Gasteiger partial charge in [-0.25, -0.2) is 8.78 Å². The van der Waals surface area contributed by atoms with E-state index in [0.29, 0.717) is 42.4 Å². The highest BCUT2D eigenvalue weighted by Gasteiger charge is 2.28. The fraction of sp³-hybridized carbons (Fsp3) is 0.400. The summed E-state index contributed by atoms with van der Waals surface area (Å²) in [5, 5.41) is 9.07. The van der Waals surface area contributed by atoms with Crippen molar-refractivity contribution in [1.82, 2.24) is 0 Å². The van der Waals surface area contributed by atoms with E-state index in [1.165, 1.54) is 19.2 Å². The minimum absolute atomic E-state index is 0.0650. The van der Waals surface area contributed by atoms with E-state index < -0.39 is 11.6 Å². The third-order valence-electron chi connectivity index (χ3n) is 5.15. The van der Waals surface area contributed by atoms with Gasteiger partial charge in [0, 0.05) is 0 Å². The zero-order valence-corrected chi connectivity index (χ0v) is 14.1. The summed E-state index contributed by atoms with van der Waals surface area (Å²) in [7, 11) is 1.30. The first kappa shape index (κ1) is 17.8. The van der Waals surface area contributed by atoms with Gasteiger partial charge in [-0.2, -0.15) is 4.39 Å². The van der Waals surface area contributed by atoms with Crippen LogP contribution in [-0.4, -0.2) is 12.2 Å². The Morgan fingerprint density at radius 2 is 1.52 bits per heavy atom. The maximum Gasteiger partial charge on any atom is 0.200 e. The molecule has 1 fully saturated rings. The van der Waals surface area contributed by atoms with Gasteiger partial charge in [0.05, 0.1) is 13.7 Å². The minimum atomic E-state index is -0.951. The molecule has 5 heteroatoms. The molecule has 2 aromatic rings. The van der Waals surface area contributed by atoms with Crippen LogP contribution in [0.1, 0.15) is 54.2 Å². The molecule has 0 unspecified atom stereocenters. The van der Waals surface area contributed by atoms with Crippen LogP contribution in [0.5, 0.6) is 5.75 Å². The molecule has 0 aliphatic heterocycles. The molecule has 0 bridgehead atoms. The zero-order chi connectivity index (χ0) is 18.0. The Morgan fingerprint density at radius 3 is 2.08 bits per heavy atom. The normalized spacial score (nSPS) is 20.5. The molecule has 1 saturated carbocycles. The molecule has 1 N–H and O–H groups in total. The second-order valence-corrected chi connectivity index (χ2v) is 6.55. The van der Waals surface area contributed by atoms with Gasteiger partial charge in [-0.1, -0.05) is 18.2 Å². The highest BCUT2D eigenvalue weighted by atomic mass is 19.2. The van der Waals surface area contributed by atoms with E-state index in [-0.39, 0.29) is 30.0 Å². The molecule has 0 heterocycles. The Hall–Kier alpha value is -2.01. The Morgan fingerprint density at radius 1 is 0.920 bits per heavy atom. The van der Waals surface area contributed by atoms with Gasteiger partial charge in [-0.3, -0.25) is 0 Å². The summed E-state index contributed by atoms with van der Waals surface area (Å²) in [6.07, 6.45) is 2.78. The molecule has 0 amide bonds. The summed E-state index contributed by atoms with van der Waals surface area (Å²) in [5.41, 5.74) is 1.55. The van der Waals surface area contributed by atoms with E-state index >= 15 is 0 Å². The third-order valence-corrected chi connectivity index (χ3v) is 5.15. The Kier molecular flexibility index (Phi) is 5.33. The summed E-state index contributed by atoms with van der Waals surface area (Å²) < 4.78 is 47.2. The van der Waals surface area contributed by atoms with Crippen LogP contribution in [0, 0.1) is 17.5 Å². The molecule has 2 nitrogen and oxygen atoms in total. The Labute approximate surface area is 145 Å². The Balaban J connectivity index is 1.73. The van der Waals surface area contributed by atoms with E-state index in [9.17, 15) is 13.2 Å². The number of rotatable bonds is 4. The maximum atomic E-state index is 14.3. The maximum absolute atomic E-state index is 14.3. The highest BCUT2D eigenvalue weighted by molar-refractivity contribution is 5.34. The SMILES string of the molecule is COc1ccc(C2CCC(c3ccc(CO)cc3F)CC2)c(F)c1F. The van der Waals surface area contributed by atoms with E-state index in [1.807, 2.05) is 0 Å². The van der Waals surface area contributed by atoms with Crippen molar-refractivity contribution in [2.24, 2.45) is 0 Å². The molecular formula is C20H21F3O2. The standard InChI is InChI=1S/C20H21F3O2/c1-25-18-9-8-16(19(22)20(18)23)14-5-3-13(4-6-14)15-7-2-12(11-24)10-17(15)21/h2,7-10,13-14,24H,3-6,11H2,1H3. The Bertz CT molecular complexity index is 753. The van der Waals surface area contributed by atoms with Crippen molar-refractivity contribution in [3.8, 4) is 5.75 Å². The molecule has 25 heavy (non-hydrogen) atoms. The number of aliphatic hydroxyl groups excluding tert-OH is 1. The van der Waals surface area contributed by atoms with Crippen molar-refractivity contribution in [3.05, 3.63) is 64.5 Å². The molecule has 1 aliphatic carbocycles. The van der Waals surface area contributed by atoms with Gasteiger partial charge < -0.3 is 9.84 Å². The quantitative estimate of drug-likeness (QED) is 0.836. The zero-order valence-electron chi connectivity index (χ0n) is 14.1. The first-order valence-corrected chi connectivity index (χ1v) is 8.46. The molecule has 0 atom stereocenters. The summed E-state index contributed by atoms with van der Waals surface area (Å²) >= 11 is 0. The van der Waals surface area contributed by atoms with Crippen LogP contribution in [0.3, 0.4) is 0 Å². The van der Waals surface area contributed by atoms with Gasteiger partial charge in [0.15, 0.2) is 11.6 Å². The van der Waals surface area contributed by atoms with Gasteiger partial charge in [-0.05, 0) is 66.3 Å². The molecule has 0 radical (unpaired) electrons. The van der Waals surface area contributed by atoms with Gasteiger partial charge >= 0.3 is 0 Å². The van der Waals surface area contributed by atoms with Crippen LogP contribution in [0.25, 0.3) is 0 Å². The molecule has 0 spiro atoms. The van der Waals surface area contributed by atoms with Crippen molar-refractivity contribution in [2.45, 2.75) is 44.1 Å². The summed E-state index contributed by atoms with van der Waals surface area (Å²) in [5.74, 6) is -2.21. The van der Waals surface area contributed by atoms with Crippen LogP contribution in [0.4, 0.5) is 13.2 Å². The molecule has 2 aromatic carbocycles. The molecule has 0 saturated heterocycles. The number of benzene rings is 2. The predicted molar refractivity (Wildman–Crippen MR) is 89.2 cm³/mol. The van der Waals surface area contributed by atoms with E-state index in [0.717, 1.165) is 0 Å². The number of aliphatic hydroxyl groups is 1. The van der Waals surface area contributed by atoms with Crippen LogP contribution < -0.4 is 4.74 Å². The fourth-order valence-corrected chi connectivity index (χ4v) is 3.74. The fourth-order valence-electron chi connectivity index (χ4n) is 3.74. The summed E-state index contributed by atoms with van der Waals surface area (Å²) in [4.78, 5) is 0. The van der Waals surface area contributed by atoms with Crippen LogP contribution in [0.15, 0.2) is 30.3 Å². The van der Waals surface area contributed by atoms with Gasteiger partial charge in [-0.15, -0.1) is 0 Å². The van der Waals surface area contributed by atoms with Crippen LogP contribution in [0.2, 0.25) is 0 Å². The number of methoxy groups -OCH3 is 1. The van der Waals surface area contributed by atoms with E-state index in [1.54, 1.807) is 18.2 Å². The van der Waals surface area contributed by atoms with E-state index in [4.69, 9.17) is 9.84 Å². The number of ether oxygens (including phenoxy) is 1. The lowest BCUT2D eigenvalue weighted by Crippen LogP contribution is -2.15. The first-order valence-electron chi connectivity index (χ1n) is 8.46. The third kappa shape index (κ3) is 3.52. The first-order chi connectivity index (χ1) is 12.0. The molecule has 1 aliphatic rings. The number of hydrogen-bond acceptors (Lipinski definition) is 2. The highest BCUT2D eigenvalue weighted by Crippen LogP contribution is 2.42. The number of hydrogen-bond donors (Lipinski definition) is 1. The lowest BCUT2D eigenvalue weighted by Gasteiger charge is -2.29. The molecular weight excluding hydrogens is 329 g/mol. The van der Waals surface area contributed by atoms with Crippen molar-refractivity contribution in [2.75, 3.05) is 7.11 Å². The van der Waals surface area contributed by atoms with E-state index in [2.05, 4.69) is 0 Å². The van der Waals surface area contributed by atoms with Crippen molar-refractivity contribution < 1.29 is 23.0 Å². The minimum Gasteiger partial charge on any atom is -0.494 e. The summed E-state index contributed by atoms with van der Waals surface area (Å²) in [6, 6.07) is 7.84. The molecule has 3 rings (SSSR count). The predicted octanol–water partition coefficient (Wildman–Crippen LogP) is 5.05. The second kappa shape index (κ2) is 7.48. The second-order valence-electron chi connectivity index (χ2n) is 6.55. The van der Waals surface area contributed by atoms with Gasteiger partial charge in [0.2, 0.25) is 5.82 Å². The molecule has 134 valence electrons. The van der Waals surface area contributed by atoms with Crippen LogP contribution in [-0.2, 0) is 6.61 Å². The molecule has 0 aromatic heterocycles. The lowest BCUT2D eigenvalue weighted by atomic mass is 9.76. The van der Waals surface area contributed by atoms with Crippen molar-refractivity contribution in [1.29, 1.82) is 0 Å². The van der Waals surface area contributed by atoms with Crippen molar-refractivity contribution >= 4 is 0 Å². The smallest absolute Gasteiger partial charge is 0.200 e. The van der Waals surface area contributed by atoms with Crippen LogP contribution >= 0.6 is 0 Å². The topological polar surface area (TPSA) is 29.5 Å². The summed E-state index contributed by atoms with van der Waals surface area (Å²) in [6.45, 7) is -0.188. The number of halogens is 3. The largest absolute Gasteiger partial charge is 0.494 e.